The summed E-state index contributed by atoms with van der Waals surface area (Å²) in [6.07, 6.45) is 1.89. The zero-order valence-electron chi connectivity index (χ0n) is 7.00. The summed E-state index contributed by atoms with van der Waals surface area (Å²) in [4.78, 5) is 10.4. The highest BCUT2D eigenvalue weighted by Crippen LogP contribution is 2.45. The van der Waals surface area contributed by atoms with Crippen LogP contribution in [0.25, 0.3) is 0 Å². The van der Waals surface area contributed by atoms with Crippen LogP contribution in [0.2, 0.25) is 0 Å². The van der Waals surface area contributed by atoms with Crippen molar-refractivity contribution in [3.8, 4) is 0 Å². The molecule has 1 fully saturated rings. The number of carboxylic acids is 1. The maximum absolute atomic E-state index is 10.4. The minimum atomic E-state index is -0.870. The van der Waals surface area contributed by atoms with Crippen LogP contribution in [0, 0.1) is 11.3 Å². The van der Waals surface area contributed by atoms with E-state index in [9.17, 15) is 4.79 Å². The van der Waals surface area contributed by atoms with E-state index in [1.54, 1.807) is 0 Å². The number of hydrogen-bond acceptors (Lipinski definition) is 2. The third-order valence-electron chi connectivity index (χ3n) is 2.42. The van der Waals surface area contributed by atoms with Gasteiger partial charge in [-0.3, -0.25) is 4.79 Å². The molecule has 3 heteroatoms. The van der Waals surface area contributed by atoms with Crippen LogP contribution in [0.1, 0.15) is 26.7 Å². The number of nitrogens with two attached hydrogens (primary N) is 1. The monoisotopic (exact) mass is 157 g/mol. The van der Waals surface area contributed by atoms with Crippen molar-refractivity contribution in [3.05, 3.63) is 0 Å². The zero-order chi connectivity index (χ0) is 8.65. The van der Waals surface area contributed by atoms with Gasteiger partial charge in [0.25, 0.3) is 0 Å². The Bertz CT molecular complexity index is 169. The Labute approximate surface area is 66.6 Å². The molecule has 1 unspecified atom stereocenters. The number of aliphatic carboxylic acids is 1. The largest absolute Gasteiger partial charge is 0.480 e. The fourth-order valence-corrected chi connectivity index (χ4v) is 1.82. The molecule has 0 radical (unpaired) electrons. The Balaban J connectivity index is 2.38. The highest BCUT2D eigenvalue weighted by Gasteiger charge is 2.41. The summed E-state index contributed by atoms with van der Waals surface area (Å²) in [5.41, 5.74) is 5.76. The Kier molecular flexibility index (Phi) is 1.92. The van der Waals surface area contributed by atoms with Gasteiger partial charge in [0.2, 0.25) is 0 Å². The number of carboxylic acid groups (broad SMARTS) is 1. The maximum Gasteiger partial charge on any atom is 0.320 e. The number of carbonyl (C=O) groups is 1. The fraction of sp³-hybridized carbons (Fsp3) is 0.875. The molecule has 0 spiro atoms. The quantitative estimate of drug-likeness (QED) is 0.624. The molecule has 1 rings (SSSR count). The molecule has 1 atom stereocenters. The van der Waals surface area contributed by atoms with Crippen molar-refractivity contribution in [1.29, 1.82) is 0 Å². The number of hydrogen-bond donors (Lipinski definition) is 2. The van der Waals surface area contributed by atoms with Gasteiger partial charge >= 0.3 is 5.97 Å². The molecule has 0 heterocycles. The molecule has 3 N–H and O–H groups in total. The third-order valence-corrected chi connectivity index (χ3v) is 2.42. The van der Waals surface area contributed by atoms with Gasteiger partial charge in [-0.2, -0.15) is 0 Å². The molecule has 0 amide bonds. The summed E-state index contributed by atoms with van der Waals surface area (Å²) in [6, 6.07) is -0.650. The molecule has 0 aromatic heterocycles. The van der Waals surface area contributed by atoms with Crippen LogP contribution in [0.5, 0.6) is 0 Å². The summed E-state index contributed by atoms with van der Waals surface area (Å²) in [5.74, 6) is -0.673. The first-order chi connectivity index (χ1) is 4.92. The van der Waals surface area contributed by atoms with E-state index in [0.29, 0.717) is 5.41 Å². The summed E-state index contributed by atoms with van der Waals surface area (Å²) in [5, 5.41) is 8.56. The second-order valence-electron chi connectivity index (χ2n) is 4.20. The van der Waals surface area contributed by atoms with Gasteiger partial charge in [-0.05, 0) is 24.2 Å². The van der Waals surface area contributed by atoms with Crippen LogP contribution >= 0.6 is 0 Å². The van der Waals surface area contributed by atoms with Crippen LogP contribution in [-0.4, -0.2) is 17.1 Å². The van der Waals surface area contributed by atoms with E-state index in [4.69, 9.17) is 10.8 Å². The highest BCUT2D eigenvalue weighted by molar-refractivity contribution is 5.73. The predicted octanol–water partition coefficient (Wildman–Crippen LogP) is 0.834. The first-order valence-electron chi connectivity index (χ1n) is 3.91. The lowest BCUT2D eigenvalue weighted by Crippen LogP contribution is -2.47. The summed E-state index contributed by atoms with van der Waals surface area (Å²) < 4.78 is 0. The third kappa shape index (κ3) is 1.71. The molecule has 1 aliphatic rings. The van der Waals surface area contributed by atoms with E-state index in [2.05, 4.69) is 13.8 Å². The van der Waals surface area contributed by atoms with Crippen molar-refractivity contribution in [1.82, 2.24) is 0 Å². The topological polar surface area (TPSA) is 63.3 Å². The van der Waals surface area contributed by atoms with Gasteiger partial charge in [0.1, 0.15) is 6.04 Å². The van der Waals surface area contributed by atoms with E-state index >= 15 is 0 Å². The molecular weight excluding hydrogens is 142 g/mol. The normalized spacial score (nSPS) is 25.7. The molecule has 64 valence electrons. The Morgan fingerprint density at radius 3 is 2.36 bits per heavy atom. The predicted molar refractivity (Wildman–Crippen MR) is 42.1 cm³/mol. The molecule has 3 nitrogen and oxygen atoms in total. The van der Waals surface area contributed by atoms with Gasteiger partial charge in [-0.25, -0.2) is 0 Å². The van der Waals surface area contributed by atoms with Crippen molar-refractivity contribution < 1.29 is 9.90 Å². The van der Waals surface area contributed by atoms with Gasteiger partial charge in [-0.15, -0.1) is 0 Å². The van der Waals surface area contributed by atoms with Crippen LogP contribution in [0.4, 0.5) is 0 Å². The van der Waals surface area contributed by atoms with E-state index < -0.39 is 12.0 Å². The van der Waals surface area contributed by atoms with Gasteiger partial charge in [0.05, 0.1) is 0 Å². The van der Waals surface area contributed by atoms with Crippen molar-refractivity contribution in [2.75, 3.05) is 0 Å². The van der Waals surface area contributed by atoms with Crippen molar-refractivity contribution in [3.63, 3.8) is 0 Å². The zero-order valence-corrected chi connectivity index (χ0v) is 7.00. The molecule has 0 saturated heterocycles. The SMILES string of the molecule is CC1(C)CC(C(N)C(=O)O)C1. The average molecular weight is 157 g/mol. The molecule has 11 heavy (non-hydrogen) atoms. The second-order valence-corrected chi connectivity index (χ2v) is 4.20. The minimum Gasteiger partial charge on any atom is -0.480 e. The molecule has 0 aromatic carbocycles. The van der Waals surface area contributed by atoms with Crippen molar-refractivity contribution in [2.24, 2.45) is 17.1 Å². The van der Waals surface area contributed by atoms with Crippen molar-refractivity contribution >= 4 is 5.97 Å². The molecule has 0 bridgehead atoms. The standard InChI is InChI=1S/C8H15NO2/c1-8(2)3-5(4-8)6(9)7(10)11/h5-6H,3-4,9H2,1-2H3,(H,10,11). The van der Waals surface area contributed by atoms with Gasteiger partial charge in [0, 0.05) is 0 Å². The highest BCUT2D eigenvalue weighted by atomic mass is 16.4. The van der Waals surface area contributed by atoms with E-state index in [0.717, 1.165) is 12.8 Å². The molecule has 1 saturated carbocycles. The Morgan fingerprint density at radius 2 is 2.09 bits per heavy atom. The van der Waals surface area contributed by atoms with Crippen LogP contribution < -0.4 is 5.73 Å². The summed E-state index contributed by atoms with van der Waals surface area (Å²) in [7, 11) is 0. The summed E-state index contributed by atoms with van der Waals surface area (Å²) in [6.45, 7) is 4.27. The van der Waals surface area contributed by atoms with Gasteiger partial charge in [-0.1, -0.05) is 13.8 Å². The second kappa shape index (κ2) is 2.48. The van der Waals surface area contributed by atoms with Crippen LogP contribution in [-0.2, 0) is 4.79 Å². The molecule has 0 aliphatic heterocycles. The Morgan fingerprint density at radius 1 is 1.64 bits per heavy atom. The minimum absolute atomic E-state index is 0.197. The first-order valence-corrected chi connectivity index (χ1v) is 3.91. The van der Waals surface area contributed by atoms with E-state index in [1.807, 2.05) is 0 Å². The molecule has 0 aromatic rings. The lowest BCUT2D eigenvalue weighted by Gasteiger charge is -2.44. The molecule has 1 aliphatic carbocycles. The van der Waals surface area contributed by atoms with Crippen LogP contribution in [0.15, 0.2) is 0 Å². The van der Waals surface area contributed by atoms with Gasteiger partial charge < -0.3 is 10.8 Å². The lowest BCUT2D eigenvalue weighted by molar-refractivity contribution is -0.142. The average Bonchev–Trinajstić information content (AvgIpc) is 1.80. The van der Waals surface area contributed by atoms with E-state index in [1.165, 1.54) is 0 Å². The lowest BCUT2D eigenvalue weighted by atomic mass is 9.62. The van der Waals surface area contributed by atoms with Crippen LogP contribution in [0.3, 0.4) is 0 Å². The Hall–Kier alpha value is -0.570. The van der Waals surface area contributed by atoms with Gasteiger partial charge in [0.15, 0.2) is 0 Å². The maximum atomic E-state index is 10.4. The van der Waals surface area contributed by atoms with E-state index in [-0.39, 0.29) is 5.92 Å². The molecular formula is C8H15NO2. The number of rotatable bonds is 2. The fourth-order valence-electron chi connectivity index (χ4n) is 1.82. The smallest absolute Gasteiger partial charge is 0.320 e. The summed E-state index contributed by atoms with van der Waals surface area (Å²) >= 11 is 0. The van der Waals surface area contributed by atoms with Crippen molar-refractivity contribution in [2.45, 2.75) is 32.7 Å². The first kappa shape index (κ1) is 8.53.